The van der Waals surface area contributed by atoms with Crippen molar-refractivity contribution in [2.24, 2.45) is 17.4 Å². The number of carboxylic acid groups (broad SMARTS) is 1. The Hall–Kier alpha value is -3.47. The van der Waals surface area contributed by atoms with Crippen LogP contribution in [0.1, 0.15) is 51.5 Å². The maximum atomic E-state index is 13.1. The highest BCUT2D eigenvalue weighted by atomic mass is 16.4. The molecule has 36 heavy (non-hydrogen) atoms. The standard InChI is InChI=1S/C25H37N5O6/c1-15(2)13-18(22(32)29-19(25(35)36)14-16-7-4-3-5-8-16)28-23(33)20-9-6-12-30(20)24(34)17(26)10-11-21(27)31/h3-5,7-8,15,17-20H,6,9-14,26H2,1-2H3,(H2,27,31)(H,28,33)(H,29,32)(H,35,36). The Kier molecular flexibility index (Phi) is 10.8. The number of primary amides is 1. The number of likely N-dealkylation sites (tertiary alicyclic amines) is 1. The molecule has 0 spiro atoms. The summed E-state index contributed by atoms with van der Waals surface area (Å²) in [5.41, 5.74) is 11.8. The van der Waals surface area contributed by atoms with Crippen LogP contribution in [-0.4, -0.2) is 70.3 Å². The molecule has 2 rings (SSSR count). The number of hydrogen-bond acceptors (Lipinski definition) is 6. The van der Waals surface area contributed by atoms with E-state index in [-0.39, 0.29) is 31.6 Å². The van der Waals surface area contributed by atoms with Gasteiger partial charge in [-0.2, -0.15) is 0 Å². The molecular weight excluding hydrogens is 466 g/mol. The van der Waals surface area contributed by atoms with Crippen molar-refractivity contribution < 1.29 is 29.1 Å². The van der Waals surface area contributed by atoms with Gasteiger partial charge in [-0.3, -0.25) is 19.2 Å². The van der Waals surface area contributed by atoms with Crippen molar-refractivity contribution >= 4 is 29.6 Å². The topological polar surface area (TPSA) is 185 Å². The van der Waals surface area contributed by atoms with E-state index in [4.69, 9.17) is 11.5 Å². The summed E-state index contributed by atoms with van der Waals surface area (Å²) in [6.07, 6.45) is 1.41. The van der Waals surface area contributed by atoms with Gasteiger partial charge in [0.1, 0.15) is 18.1 Å². The van der Waals surface area contributed by atoms with Crippen LogP contribution in [0.3, 0.4) is 0 Å². The van der Waals surface area contributed by atoms with Gasteiger partial charge in [0.25, 0.3) is 0 Å². The Bertz CT molecular complexity index is 938. The molecule has 11 nitrogen and oxygen atoms in total. The lowest BCUT2D eigenvalue weighted by molar-refractivity contribution is -0.143. The van der Waals surface area contributed by atoms with Crippen LogP contribution >= 0.6 is 0 Å². The first-order valence-electron chi connectivity index (χ1n) is 12.2. The van der Waals surface area contributed by atoms with Gasteiger partial charge in [-0.05, 0) is 37.2 Å². The summed E-state index contributed by atoms with van der Waals surface area (Å²) in [7, 11) is 0. The normalized spacial score (nSPS) is 17.8. The second-order valence-corrected chi connectivity index (χ2v) is 9.58. The van der Waals surface area contributed by atoms with Gasteiger partial charge in [0.2, 0.25) is 23.6 Å². The molecule has 1 aliphatic heterocycles. The zero-order chi connectivity index (χ0) is 26.8. The second kappa shape index (κ2) is 13.6. The second-order valence-electron chi connectivity index (χ2n) is 9.58. The van der Waals surface area contributed by atoms with Crippen LogP contribution in [0.25, 0.3) is 0 Å². The van der Waals surface area contributed by atoms with Crippen LogP contribution in [0.2, 0.25) is 0 Å². The zero-order valence-corrected chi connectivity index (χ0v) is 20.8. The van der Waals surface area contributed by atoms with Crippen LogP contribution in [0, 0.1) is 5.92 Å². The lowest BCUT2D eigenvalue weighted by Crippen LogP contribution is -2.57. The van der Waals surface area contributed by atoms with Crippen molar-refractivity contribution in [3.8, 4) is 0 Å². The number of hydrogen-bond donors (Lipinski definition) is 5. The predicted molar refractivity (Wildman–Crippen MR) is 132 cm³/mol. The minimum absolute atomic E-state index is 0.0296. The summed E-state index contributed by atoms with van der Waals surface area (Å²) in [6, 6.07) is 5.02. The molecule has 1 aliphatic rings. The Morgan fingerprint density at radius 2 is 1.75 bits per heavy atom. The van der Waals surface area contributed by atoms with Crippen molar-refractivity contribution in [3.63, 3.8) is 0 Å². The molecule has 7 N–H and O–H groups in total. The molecule has 4 unspecified atom stereocenters. The van der Waals surface area contributed by atoms with Gasteiger partial charge in [-0.1, -0.05) is 44.2 Å². The largest absolute Gasteiger partial charge is 0.480 e. The van der Waals surface area contributed by atoms with Crippen molar-refractivity contribution in [2.75, 3.05) is 6.54 Å². The number of carbonyl (C=O) groups is 5. The van der Waals surface area contributed by atoms with Gasteiger partial charge in [0.15, 0.2) is 0 Å². The Morgan fingerprint density at radius 3 is 2.33 bits per heavy atom. The van der Waals surface area contributed by atoms with Crippen molar-refractivity contribution in [1.29, 1.82) is 0 Å². The molecule has 198 valence electrons. The molecular formula is C25H37N5O6. The van der Waals surface area contributed by atoms with Gasteiger partial charge < -0.3 is 32.1 Å². The van der Waals surface area contributed by atoms with Gasteiger partial charge in [0, 0.05) is 19.4 Å². The predicted octanol–water partition coefficient (Wildman–Crippen LogP) is -0.0868. The van der Waals surface area contributed by atoms with Crippen molar-refractivity contribution in [2.45, 2.75) is 76.5 Å². The number of nitrogens with two attached hydrogens (primary N) is 2. The highest BCUT2D eigenvalue weighted by Crippen LogP contribution is 2.20. The molecule has 0 aliphatic carbocycles. The summed E-state index contributed by atoms with van der Waals surface area (Å²) >= 11 is 0. The summed E-state index contributed by atoms with van der Waals surface area (Å²) in [6.45, 7) is 4.10. The summed E-state index contributed by atoms with van der Waals surface area (Å²) in [5, 5.41) is 14.9. The maximum Gasteiger partial charge on any atom is 0.326 e. The lowest BCUT2D eigenvalue weighted by atomic mass is 10.0. The first-order chi connectivity index (χ1) is 17.0. The van der Waals surface area contributed by atoms with Crippen LogP contribution in [0.4, 0.5) is 0 Å². The third kappa shape index (κ3) is 8.63. The average Bonchev–Trinajstić information content (AvgIpc) is 3.31. The van der Waals surface area contributed by atoms with Gasteiger partial charge >= 0.3 is 5.97 Å². The average molecular weight is 504 g/mol. The number of carbonyl (C=O) groups excluding carboxylic acids is 4. The molecule has 11 heteroatoms. The first-order valence-corrected chi connectivity index (χ1v) is 12.2. The number of rotatable bonds is 13. The maximum absolute atomic E-state index is 13.1. The fourth-order valence-corrected chi connectivity index (χ4v) is 4.23. The number of carboxylic acids is 1. The minimum Gasteiger partial charge on any atom is -0.480 e. The van der Waals surface area contributed by atoms with E-state index in [1.807, 2.05) is 19.9 Å². The van der Waals surface area contributed by atoms with Crippen LogP contribution in [0.15, 0.2) is 30.3 Å². The summed E-state index contributed by atoms with van der Waals surface area (Å²) < 4.78 is 0. The van der Waals surface area contributed by atoms with E-state index < -0.39 is 53.8 Å². The highest BCUT2D eigenvalue weighted by Gasteiger charge is 2.38. The third-order valence-electron chi connectivity index (χ3n) is 6.09. The molecule has 1 saturated heterocycles. The van der Waals surface area contributed by atoms with Crippen molar-refractivity contribution in [3.05, 3.63) is 35.9 Å². The molecule has 1 fully saturated rings. The Morgan fingerprint density at radius 1 is 1.08 bits per heavy atom. The van der Waals surface area contributed by atoms with E-state index in [0.29, 0.717) is 19.4 Å². The van der Waals surface area contributed by atoms with Crippen molar-refractivity contribution in [1.82, 2.24) is 15.5 Å². The quantitative estimate of drug-likeness (QED) is 0.249. The Balaban J connectivity index is 2.08. The SMILES string of the molecule is CC(C)CC(NC(=O)C1CCCN1C(=O)C(N)CCC(N)=O)C(=O)NC(Cc1ccccc1)C(=O)O. The number of nitrogens with one attached hydrogen (secondary N) is 2. The zero-order valence-electron chi connectivity index (χ0n) is 20.8. The van der Waals surface area contributed by atoms with E-state index in [1.165, 1.54) is 4.90 Å². The van der Waals surface area contributed by atoms with Gasteiger partial charge in [0.05, 0.1) is 6.04 Å². The van der Waals surface area contributed by atoms with E-state index in [9.17, 15) is 29.1 Å². The number of aliphatic carboxylic acids is 1. The van der Waals surface area contributed by atoms with E-state index >= 15 is 0 Å². The molecule has 4 atom stereocenters. The molecule has 1 aromatic rings. The van der Waals surface area contributed by atoms with Gasteiger partial charge in [-0.25, -0.2) is 4.79 Å². The highest BCUT2D eigenvalue weighted by molar-refractivity contribution is 5.94. The fraction of sp³-hybridized carbons (Fsp3) is 0.560. The number of benzene rings is 1. The van der Waals surface area contributed by atoms with Crippen LogP contribution < -0.4 is 22.1 Å². The number of amides is 4. The smallest absolute Gasteiger partial charge is 0.326 e. The first kappa shape index (κ1) is 28.8. The van der Waals surface area contributed by atoms with Crippen LogP contribution in [-0.2, 0) is 30.4 Å². The van der Waals surface area contributed by atoms with E-state index in [0.717, 1.165) is 5.56 Å². The molecule has 0 bridgehead atoms. The molecule has 1 aromatic carbocycles. The third-order valence-corrected chi connectivity index (χ3v) is 6.09. The molecule has 4 amide bonds. The molecule has 0 saturated carbocycles. The van der Waals surface area contributed by atoms with Crippen LogP contribution in [0.5, 0.6) is 0 Å². The lowest BCUT2D eigenvalue weighted by Gasteiger charge is -2.29. The molecule has 0 aromatic heterocycles. The minimum atomic E-state index is -1.18. The Labute approximate surface area is 211 Å². The molecule has 0 radical (unpaired) electrons. The monoisotopic (exact) mass is 503 g/mol. The molecule has 1 heterocycles. The summed E-state index contributed by atoms with van der Waals surface area (Å²) in [5.74, 6) is -3.27. The van der Waals surface area contributed by atoms with Gasteiger partial charge in [-0.15, -0.1) is 0 Å². The fourth-order valence-electron chi connectivity index (χ4n) is 4.23. The van der Waals surface area contributed by atoms with E-state index in [1.54, 1.807) is 24.3 Å². The van der Waals surface area contributed by atoms with E-state index in [2.05, 4.69) is 10.6 Å². The summed E-state index contributed by atoms with van der Waals surface area (Å²) in [4.78, 5) is 63.2. The number of nitrogens with zero attached hydrogens (tertiary/aromatic N) is 1.